The van der Waals surface area contributed by atoms with E-state index in [1.807, 2.05) is 6.07 Å². The van der Waals surface area contributed by atoms with Crippen LogP contribution in [-0.4, -0.2) is 23.4 Å². The van der Waals surface area contributed by atoms with Crippen molar-refractivity contribution < 1.29 is 27.4 Å². The first kappa shape index (κ1) is 22.8. The minimum Gasteiger partial charge on any atom is -0.454 e. The van der Waals surface area contributed by atoms with E-state index in [1.165, 1.54) is 0 Å². The van der Waals surface area contributed by atoms with E-state index in [0.717, 1.165) is 35.5 Å². The number of nitrogens with zero attached hydrogens (tertiary/aromatic N) is 2. The number of alkyl halides is 3. The molecule has 0 spiro atoms. The predicted octanol–water partition coefficient (Wildman–Crippen LogP) is 5.75. The fourth-order valence-corrected chi connectivity index (χ4v) is 3.91. The van der Waals surface area contributed by atoms with Crippen molar-refractivity contribution in [2.75, 3.05) is 17.9 Å². The molecule has 0 saturated heterocycles. The Morgan fingerprint density at radius 1 is 1.15 bits per heavy atom. The van der Waals surface area contributed by atoms with Gasteiger partial charge in [-0.3, -0.25) is 4.79 Å². The van der Waals surface area contributed by atoms with Crippen LogP contribution >= 0.6 is 23.4 Å². The first-order chi connectivity index (χ1) is 15.7. The van der Waals surface area contributed by atoms with Crippen molar-refractivity contribution in [1.29, 1.82) is 5.26 Å². The van der Waals surface area contributed by atoms with Crippen LogP contribution in [0.15, 0.2) is 53.6 Å². The number of hydrogen-bond donors (Lipinski definition) is 1. The summed E-state index contributed by atoms with van der Waals surface area (Å²) in [5.74, 6) is 0.399. The number of aromatic nitrogens is 1. The molecule has 1 aromatic heterocycles. The molecule has 11 heteroatoms. The molecule has 1 amide bonds. The second kappa shape index (κ2) is 9.21. The normalized spacial score (nSPS) is 12.3. The summed E-state index contributed by atoms with van der Waals surface area (Å²) in [5.41, 5.74) is 0.454. The van der Waals surface area contributed by atoms with Crippen molar-refractivity contribution in [2.45, 2.75) is 11.2 Å². The highest BCUT2D eigenvalue weighted by Crippen LogP contribution is 2.36. The Bertz CT molecular complexity index is 1280. The molecule has 2 aromatic carbocycles. The van der Waals surface area contributed by atoms with E-state index < -0.39 is 17.6 Å². The molecule has 0 fully saturated rings. The van der Waals surface area contributed by atoms with Gasteiger partial charge in [0.15, 0.2) is 11.5 Å². The molecule has 0 saturated carbocycles. The molecule has 2 heterocycles. The Labute approximate surface area is 195 Å². The highest BCUT2D eigenvalue weighted by atomic mass is 35.5. The number of carbonyl (C=O) groups excluding carboxylic acids is 1. The zero-order valence-electron chi connectivity index (χ0n) is 16.6. The maximum atomic E-state index is 12.9. The standard InChI is InChI=1S/C22H13ClF3N3O3S/c23-15-4-3-14(22(24,25)26)8-17(15)28-20(30)10-33-21-13(9-27)1-5-16(29-21)12-2-6-18-19(7-12)32-11-31-18/h1-8H,10-11H2,(H,28,30). The lowest BCUT2D eigenvalue weighted by Gasteiger charge is -2.12. The number of nitrogens with one attached hydrogen (secondary N) is 1. The Morgan fingerprint density at radius 3 is 2.70 bits per heavy atom. The summed E-state index contributed by atoms with van der Waals surface area (Å²) in [6.45, 7) is 0.131. The molecule has 33 heavy (non-hydrogen) atoms. The maximum Gasteiger partial charge on any atom is 0.416 e. The third-order valence-electron chi connectivity index (χ3n) is 4.56. The number of halogens is 4. The average molecular weight is 492 g/mol. The van der Waals surface area contributed by atoms with Gasteiger partial charge in [-0.1, -0.05) is 23.4 Å². The predicted molar refractivity (Wildman–Crippen MR) is 116 cm³/mol. The van der Waals surface area contributed by atoms with E-state index in [-0.39, 0.29) is 28.8 Å². The third kappa shape index (κ3) is 5.16. The number of anilines is 1. The van der Waals surface area contributed by atoms with Crippen LogP contribution in [0.1, 0.15) is 11.1 Å². The number of hydrogen-bond acceptors (Lipinski definition) is 6. The molecule has 4 rings (SSSR count). The summed E-state index contributed by atoms with van der Waals surface area (Å²) in [7, 11) is 0. The Kier molecular flexibility index (Phi) is 6.35. The molecule has 0 atom stereocenters. The van der Waals surface area contributed by atoms with Gasteiger partial charge in [0.1, 0.15) is 11.1 Å². The van der Waals surface area contributed by atoms with E-state index in [0.29, 0.717) is 22.2 Å². The van der Waals surface area contributed by atoms with Gasteiger partial charge in [-0.25, -0.2) is 4.98 Å². The van der Waals surface area contributed by atoms with Gasteiger partial charge in [-0.15, -0.1) is 0 Å². The summed E-state index contributed by atoms with van der Waals surface area (Å²) in [5, 5.41) is 12.0. The highest BCUT2D eigenvalue weighted by molar-refractivity contribution is 8.00. The van der Waals surface area contributed by atoms with E-state index in [9.17, 15) is 23.2 Å². The van der Waals surface area contributed by atoms with E-state index in [2.05, 4.69) is 10.3 Å². The van der Waals surface area contributed by atoms with Gasteiger partial charge in [0.05, 0.1) is 33.3 Å². The smallest absolute Gasteiger partial charge is 0.416 e. The minimum absolute atomic E-state index is 0.0259. The lowest BCUT2D eigenvalue weighted by atomic mass is 10.1. The van der Waals surface area contributed by atoms with Gasteiger partial charge in [-0.2, -0.15) is 18.4 Å². The van der Waals surface area contributed by atoms with Crippen LogP contribution in [0.3, 0.4) is 0 Å². The van der Waals surface area contributed by atoms with Crippen molar-refractivity contribution in [3.05, 3.63) is 64.7 Å². The molecule has 0 unspecified atom stereocenters. The van der Waals surface area contributed by atoms with Gasteiger partial charge in [0.2, 0.25) is 12.7 Å². The first-order valence-corrected chi connectivity index (χ1v) is 10.7. The van der Waals surface area contributed by atoms with Gasteiger partial charge < -0.3 is 14.8 Å². The summed E-state index contributed by atoms with van der Waals surface area (Å²) in [4.78, 5) is 16.8. The SMILES string of the molecule is N#Cc1ccc(-c2ccc3c(c2)OCO3)nc1SCC(=O)Nc1cc(C(F)(F)F)ccc1Cl. The van der Waals surface area contributed by atoms with Crippen LogP contribution in [0.2, 0.25) is 5.02 Å². The van der Waals surface area contributed by atoms with Gasteiger partial charge in [0, 0.05) is 5.56 Å². The van der Waals surface area contributed by atoms with Crippen LogP contribution < -0.4 is 14.8 Å². The topological polar surface area (TPSA) is 84.2 Å². The number of fused-ring (bicyclic) bond motifs is 1. The third-order valence-corrected chi connectivity index (χ3v) is 5.88. The Hall–Kier alpha value is -3.42. The van der Waals surface area contributed by atoms with Gasteiger partial charge >= 0.3 is 6.18 Å². The number of pyridine rings is 1. The molecular formula is C22H13ClF3N3O3S. The van der Waals surface area contributed by atoms with Crippen LogP contribution in [0.25, 0.3) is 11.3 Å². The molecule has 6 nitrogen and oxygen atoms in total. The molecule has 0 aliphatic carbocycles. The second-order valence-electron chi connectivity index (χ2n) is 6.76. The van der Waals surface area contributed by atoms with Gasteiger partial charge in [0.25, 0.3) is 0 Å². The number of carbonyl (C=O) groups is 1. The summed E-state index contributed by atoms with van der Waals surface area (Å²) < 4.78 is 49.4. The zero-order valence-corrected chi connectivity index (χ0v) is 18.1. The van der Waals surface area contributed by atoms with Crippen LogP contribution in [-0.2, 0) is 11.0 Å². The fraction of sp³-hybridized carbons (Fsp3) is 0.136. The maximum absolute atomic E-state index is 12.9. The quantitative estimate of drug-likeness (QED) is 0.457. The molecular weight excluding hydrogens is 479 g/mol. The number of thioether (sulfide) groups is 1. The van der Waals surface area contributed by atoms with Crippen molar-refractivity contribution in [2.24, 2.45) is 0 Å². The number of amides is 1. The van der Waals surface area contributed by atoms with Crippen molar-refractivity contribution >= 4 is 35.0 Å². The molecule has 1 N–H and O–H groups in total. The van der Waals surface area contributed by atoms with Crippen molar-refractivity contribution in [1.82, 2.24) is 4.98 Å². The van der Waals surface area contributed by atoms with E-state index in [1.54, 1.807) is 30.3 Å². The largest absolute Gasteiger partial charge is 0.454 e. The van der Waals surface area contributed by atoms with E-state index in [4.69, 9.17) is 21.1 Å². The summed E-state index contributed by atoms with van der Waals surface area (Å²) in [6, 6.07) is 13.2. The van der Waals surface area contributed by atoms with Crippen molar-refractivity contribution in [3.63, 3.8) is 0 Å². The van der Waals surface area contributed by atoms with E-state index >= 15 is 0 Å². The monoisotopic (exact) mass is 491 g/mol. The van der Waals surface area contributed by atoms with Gasteiger partial charge in [-0.05, 0) is 48.5 Å². The lowest BCUT2D eigenvalue weighted by Crippen LogP contribution is -2.15. The van der Waals surface area contributed by atoms with Crippen LogP contribution in [0, 0.1) is 11.3 Å². The number of rotatable bonds is 5. The minimum atomic E-state index is -4.57. The summed E-state index contributed by atoms with van der Waals surface area (Å²) in [6.07, 6.45) is -4.57. The van der Waals surface area contributed by atoms with Crippen LogP contribution in [0.4, 0.5) is 18.9 Å². The molecule has 0 radical (unpaired) electrons. The second-order valence-corrected chi connectivity index (χ2v) is 8.13. The molecule has 3 aromatic rings. The average Bonchev–Trinajstić information content (AvgIpc) is 3.26. The molecule has 1 aliphatic heterocycles. The number of nitriles is 1. The molecule has 1 aliphatic rings. The Morgan fingerprint density at radius 2 is 1.94 bits per heavy atom. The fourth-order valence-electron chi connectivity index (χ4n) is 2.97. The van der Waals surface area contributed by atoms with Crippen LogP contribution in [0.5, 0.6) is 11.5 Å². The Balaban J connectivity index is 1.50. The number of benzene rings is 2. The number of ether oxygens (including phenoxy) is 2. The molecule has 168 valence electrons. The highest BCUT2D eigenvalue weighted by Gasteiger charge is 2.31. The lowest BCUT2D eigenvalue weighted by molar-refractivity contribution is -0.137. The first-order valence-electron chi connectivity index (χ1n) is 9.35. The zero-order chi connectivity index (χ0) is 23.6. The molecule has 0 bridgehead atoms. The summed E-state index contributed by atoms with van der Waals surface area (Å²) >= 11 is 6.90. The van der Waals surface area contributed by atoms with Crippen molar-refractivity contribution in [3.8, 4) is 28.8 Å².